The normalized spacial score (nSPS) is 10.6. The highest BCUT2D eigenvalue weighted by Gasteiger charge is 2.14. The maximum absolute atomic E-state index is 13.3. The molecule has 3 N–H and O–H groups in total. The highest BCUT2D eigenvalue weighted by molar-refractivity contribution is 6.05. The Morgan fingerprint density at radius 2 is 1.71 bits per heavy atom. The number of nitrogens with zero attached hydrogens (tertiary/aromatic N) is 2. The van der Waals surface area contributed by atoms with Gasteiger partial charge in [0.15, 0.2) is 0 Å². The summed E-state index contributed by atoms with van der Waals surface area (Å²) in [6.45, 7) is 0.900. The number of hydrogen-bond acceptors (Lipinski definition) is 4. The molecule has 0 atom stereocenters. The molecule has 0 aliphatic carbocycles. The van der Waals surface area contributed by atoms with Crippen LogP contribution in [0.25, 0.3) is 0 Å². The van der Waals surface area contributed by atoms with Gasteiger partial charge in [-0.15, -0.1) is 0 Å². The molecule has 1 heterocycles. The summed E-state index contributed by atoms with van der Waals surface area (Å²) in [5.74, 6) is -3.37. The van der Waals surface area contributed by atoms with Gasteiger partial charge in [-0.05, 0) is 35.4 Å². The number of carbonyl (C=O) groups is 2. The van der Waals surface area contributed by atoms with E-state index in [2.05, 4.69) is 15.6 Å². The second kappa shape index (κ2) is 9.95. The van der Waals surface area contributed by atoms with E-state index in [9.17, 15) is 23.5 Å². The summed E-state index contributed by atoms with van der Waals surface area (Å²) in [6.07, 6.45) is 5.29. The van der Waals surface area contributed by atoms with E-state index >= 15 is 0 Å². The highest BCUT2D eigenvalue weighted by Crippen LogP contribution is 2.23. The number of aromatic nitrogens is 2. The van der Waals surface area contributed by atoms with Crippen LogP contribution in [-0.2, 0) is 13.1 Å². The molecule has 0 radical (unpaired) electrons. The Hall–Kier alpha value is -4.53. The van der Waals surface area contributed by atoms with E-state index in [4.69, 9.17) is 0 Å². The van der Waals surface area contributed by atoms with Crippen molar-refractivity contribution in [2.24, 2.45) is 0 Å². The fourth-order valence-electron chi connectivity index (χ4n) is 3.40. The third kappa shape index (κ3) is 5.63. The first kappa shape index (κ1) is 22.7. The van der Waals surface area contributed by atoms with Crippen LogP contribution >= 0.6 is 0 Å². The molecule has 4 rings (SSSR count). The first-order valence-corrected chi connectivity index (χ1v) is 10.3. The zero-order valence-electron chi connectivity index (χ0n) is 17.8. The lowest BCUT2D eigenvalue weighted by Crippen LogP contribution is -2.23. The van der Waals surface area contributed by atoms with Gasteiger partial charge in [0, 0.05) is 48.9 Å². The Bertz CT molecular complexity index is 1320. The van der Waals surface area contributed by atoms with Crippen molar-refractivity contribution in [2.45, 2.75) is 13.1 Å². The van der Waals surface area contributed by atoms with E-state index in [1.165, 1.54) is 18.2 Å². The number of aromatic hydroxyl groups is 1. The van der Waals surface area contributed by atoms with E-state index in [-0.39, 0.29) is 29.1 Å². The van der Waals surface area contributed by atoms with Crippen molar-refractivity contribution < 1.29 is 23.5 Å². The van der Waals surface area contributed by atoms with Crippen LogP contribution in [0.5, 0.6) is 5.75 Å². The number of hydrogen-bond donors (Lipinski definition) is 3. The molecule has 34 heavy (non-hydrogen) atoms. The molecule has 0 saturated carbocycles. The summed E-state index contributed by atoms with van der Waals surface area (Å²) < 4.78 is 28.6. The number of imidazole rings is 1. The third-order valence-corrected chi connectivity index (χ3v) is 4.99. The number of benzene rings is 3. The van der Waals surface area contributed by atoms with Gasteiger partial charge in [0.25, 0.3) is 11.8 Å². The number of carbonyl (C=O) groups excluding carboxylic acids is 2. The topological polar surface area (TPSA) is 96.3 Å². The molecule has 0 aliphatic rings. The van der Waals surface area contributed by atoms with Crippen LogP contribution in [-0.4, -0.2) is 26.5 Å². The molecule has 0 fully saturated rings. The predicted molar refractivity (Wildman–Crippen MR) is 121 cm³/mol. The van der Waals surface area contributed by atoms with Crippen LogP contribution in [0.15, 0.2) is 79.4 Å². The van der Waals surface area contributed by atoms with E-state index < -0.39 is 23.4 Å². The molecule has 1 aromatic heterocycles. The first-order valence-electron chi connectivity index (χ1n) is 10.3. The standard InChI is InChI=1S/C25H20F2N4O3/c26-19-9-18(10-20(27)11-19)24(33)30-21-4-5-22(23(32)12-21)25(34)29-13-16-2-1-3-17(8-16)14-31-7-6-28-15-31/h1-12,15,32H,13-14H2,(H,29,34)(H,30,33). The second-order valence-electron chi connectivity index (χ2n) is 7.58. The lowest BCUT2D eigenvalue weighted by molar-refractivity contribution is 0.0947. The monoisotopic (exact) mass is 462 g/mol. The Labute approximate surface area is 193 Å². The molecule has 0 aliphatic heterocycles. The summed E-state index contributed by atoms with van der Waals surface area (Å²) in [4.78, 5) is 28.8. The lowest BCUT2D eigenvalue weighted by Gasteiger charge is -2.11. The van der Waals surface area contributed by atoms with E-state index in [0.29, 0.717) is 12.6 Å². The van der Waals surface area contributed by atoms with Gasteiger partial charge in [-0.2, -0.15) is 0 Å². The van der Waals surface area contributed by atoms with Gasteiger partial charge < -0.3 is 20.3 Å². The fraction of sp³-hybridized carbons (Fsp3) is 0.0800. The van der Waals surface area contributed by atoms with Gasteiger partial charge in [-0.3, -0.25) is 9.59 Å². The Morgan fingerprint density at radius 1 is 0.941 bits per heavy atom. The number of phenols is 1. The van der Waals surface area contributed by atoms with Crippen molar-refractivity contribution in [2.75, 3.05) is 5.32 Å². The SMILES string of the molecule is O=C(Nc1ccc(C(=O)NCc2cccc(Cn3ccnc3)c2)c(O)c1)c1cc(F)cc(F)c1. The maximum atomic E-state index is 13.3. The highest BCUT2D eigenvalue weighted by atomic mass is 19.1. The zero-order valence-corrected chi connectivity index (χ0v) is 17.8. The van der Waals surface area contributed by atoms with Crippen molar-refractivity contribution >= 4 is 17.5 Å². The molecule has 4 aromatic rings. The molecule has 172 valence electrons. The van der Waals surface area contributed by atoms with Gasteiger partial charge in [0.05, 0.1) is 11.9 Å². The zero-order chi connectivity index (χ0) is 24.1. The predicted octanol–water partition coefficient (Wildman–Crippen LogP) is 4.10. The van der Waals surface area contributed by atoms with Crippen LogP contribution < -0.4 is 10.6 Å². The number of phenolic OH excluding ortho intramolecular Hbond substituents is 1. The maximum Gasteiger partial charge on any atom is 0.255 e. The van der Waals surface area contributed by atoms with Crippen molar-refractivity contribution in [3.8, 4) is 5.75 Å². The number of anilines is 1. The Kier molecular flexibility index (Phi) is 6.63. The molecular formula is C25H20F2N4O3. The molecule has 0 saturated heterocycles. The first-order chi connectivity index (χ1) is 16.4. The summed E-state index contributed by atoms with van der Waals surface area (Å²) >= 11 is 0. The largest absolute Gasteiger partial charge is 0.507 e. The van der Waals surface area contributed by atoms with Gasteiger partial charge in [0.2, 0.25) is 0 Å². The molecule has 7 nitrogen and oxygen atoms in total. The summed E-state index contributed by atoms with van der Waals surface area (Å²) in [7, 11) is 0. The number of amides is 2. The average Bonchev–Trinajstić information content (AvgIpc) is 3.30. The summed E-state index contributed by atoms with van der Waals surface area (Å²) in [5, 5.41) is 15.5. The van der Waals surface area contributed by atoms with Crippen molar-refractivity contribution in [3.63, 3.8) is 0 Å². The van der Waals surface area contributed by atoms with Crippen LogP contribution in [0.3, 0.4) is 0 Å². The second-order valence-corrected chi connectivity index (χ2v) is 7.58. The van der Waals surface area contributed by atoms with Crippen molar-refractivity contribution in [1.29, 1.82) is 0 Å². The lowest BCUT2D eigenvalue weighted by atomic mass is 10.1. The van der Waals surface area contributed by atoms with E-state index in [1.54, 1.807) is 12.5 Å². The number of rotatable bonds is 7. The number of nitrogens with one attached hydrogen (secondary N) is 2. The molecule has 0 spiro atoms. The summed E-state index contributed by atoms with van der Waals surface area (Å²) in [5.41, 5.74) is 1.90. The van der Waals surface area contributed by atoms with Crippen molar-refractivity contribution in [1.82, 2.24) is 14.9 Å². The molecule has 2 amide bonds. The minimum atomic E-state index is -0.882. The van der Waals surface area contributed by atoms with Crippen LogP contribution in [0, 0.1) is 11.6 Å². The van der Waals surface area contributed by atoms with Gasteiger partial charge in [0.1, 0.15) is 17.4 Å². The third-order valence-electron chi connectivity index (χ3n) is 4.99. The van der Waals surface area contributed by atoms with Gasteiger partial charge in [-0.25, -0.2) is 13.8 Å². The smallest absolute Gasteiger partial charge is 0.255 e. The minimum Gasteiger partial charge on any atom is -0.507 e. The quantitative estimate of drug-likeness (QED) is 0.385. The molecule has 0 bridgehead atoms. The molecule has 3 aromatic carbocycles. The Balaban J connectivity index is 1.38. The van der Waals surface area contributed by atoms with Crippen LogP contribution in [0.4, 0.5) is 14.5 Å². The minimum absolute atomic E-state index is 0.0179. The fourth-order valence-corrected chi connectivity index (χ4v) is 3.40. The number of halogens is 2. The van der Waals surface area contributed by atoms with E-state index in [0.717, 1.165) is 23.3 Å². The Morgan fingerprint density at radius 3 is 2.41 bits per heavy atom. The average molecular weight is 462 g/mol. The van der Waals surface area contributed by atoms with Gasteiger partial charge >= 0.3 is 0 Å². The summed E-state index contributed by atoms with van der Waals surface area (Å²) in [6, 6.07) is 14.1. The van der Waals surface area contributed by atoms with Crippen molar-refractivity contribution in [3.05, 3.63) is 113 Å². The van der Waals surface area contributed by atoms with Crippen LogP contribution in [0.1, 0.15) is 31.8 Å². The molecule has 0 unspecified atom stereocenters. The van der Waals surface area contributed by atoms with E-state index in [1.807, 2.05) is 35.0 Å². The van der Waals surface area contributed by atoms with Gasteiger partial charge in [-0.1, -0.05) is 24.3 Å². The van der Waals surface area contributed by atoms with Crippen LogP contribution in [0.2, 0.25) is 0 Å². The molecular weight excluding hydrogens is 442 g/mol. The molecule has 9 heteroatoms.